The van der Waals surface area contributed by atoms with Crippen molar-refractivity contribution in [2.75, 3.05) is 27.0 Å². The Morgan fingerprint density at radius 3 is 2.30 bits per heavy atom. The molecule has 2 aromatic rings. The second kappa shape index (κ2) is 11.2. The molecule has 1 amide bonds. The molecule has 0 aromatic heterocycles. The van der Waals surface area contributed by atoms with Crippen molar-refractivity contribution in [3.05, 3.63) is 35.9 Å². The smallest absolute Gasteiger partial charge is 0.288 e. The molecule has 0 spiro atoms. The molecular formula is C22H31NO6S. The Kier molecular flexibility index (Phi) is 8.92. The van der Waals surface area contributed by atoms with Crippen molar-refractivity contribution in [2.45, 2.75) is 45.4 Å². The highest BCUT2D eigenvalue weighted by molar-refractivity contribution is 7.86. The summed E-state index contributed by atoms with van der Waals surface area (Å²) in [5.74, 6) is 0.225. The van der Waals surface area contributed by atoms with E-state index < -0.39 is 16.0 Å². The van der Waals surface area contributed by atoms with Gasteiger partial charge in [-0.3, -0.25) is 4.79 Å². The first-order valence-electron chi connectivity index (χ1n) is 10.2. The van der Waals surface area contributed by atoms with Gasteiger partial charge in [-0.15, -0.1) is 4.28 Å². The number of hydrogen-bond donors (Lipinski definition) is 0. The summed E-state index contributed by atoms with van der Waals surface area (Å²) in [4.78, 5) is 12.9. The van der Waals surface area contributed by atoms with E-state index in [1.54, 1.807) is 19.2 Å². The Balaban J connectivity index is 2.10. The Morgan fingerprint density at radius 2 is 1.63 bits per heavy atom. The first kappa shape index (κ1) is 24.0. The fourth-order valence-electron chi connectivity index (χ4n) is 3.26. The maximum Gasteiger partial charge on any atom is 0.288 e. The highest BCUT2D eigenvalue weighted by Gasteiger charge is 2.24. The molecule has 8 heteroatoms. The van der Waals surface area contributed by atoms with Crippen LogP contribution in [0.4, 0.5) is 0 Å². The predicted molar refractivity (Wildman–Crippen MR) is 117 cm³/mol. The molecule has 0 heterocycles. The van der Waals surface area contributed by atoms with Gasteiger partial charge in [0.2, 0.25) is 0 Å². The number of benzene rings is 2. The summed E-state index contributed by atoms with van der Waals surface area (Å²) in [6, 6.07) is 8.80. The maximum absolute atomic E-state index is 12.9. The average Bonchev–Trinajstić information content (AvgIpc) is 2.73. The molecule has 0 aliphatic carbocycles. The molecule has 0 saturated carbocycles. The van der Waals surface area contributed by atoms with E-state index in [1.165, 1.54) is 14.2 Å². The van der Waals surface area contributed by atoms with Crippen LogP contribution in [0.5, 0.6) is 11.5 Å². The number of rotatable bonds is 12. The third-order valence-electron chi connectivity index (χ3n) is 4.87. The number of ether oxygens (including phenoxy) is 2. The molecule has 2 aromatic carbocycles. The standard InChI is InChI=1S/C22H31NO6S/c1-5-6-7-8-9-10-14-30(25,26)29-23(2)22(24)19-15-17-12-11-13-20(27-3)18(17)16-21(19)28-4/h11-13,15-16H,5-10,14H2,1-4H3. The SMILES string of the molecule is CCCCCCCCS(=O)(=O)ON(C)C(=O)c1cc2cccc(OC)c2cc1OC. The summed E-state index contributed by atoms with van der Waals surface area (Å²) in [6.07, 6.45) is 5.71. The molecule has 166 valence electrons. The molecule has 0 radical (unpaired) electrons. The lowest BCUT2D eigenvalue weighted by Gasteiger charge is -2.18. The number of fused-ring (bicyclic) bond motifs is 1. The van der Waals surface area contributed by atoms with Crippen LogP contribution >= 0.6 is 0 Å². The van der Waals surface area contributed by atoms with Crippen LogP contribution in [0.3, 0.4) is 0 Å². The number of amides is 1. The molecule has 2 rings (SSSR count). The highest BCUT2D eigenvalue weighted by Crippen LogP contribution is 2.32. The van der Waals surface area contributed by atoms with Crippen LogP contribution in [-0.2, 0) is 14.4 Å². The number of hydroxylamine groups is 2. The van der Waals surface area contributed by atoms with E-state index in [1.807, 2.05) is 18.2 Å². The highest BCUT2D eigenvalue weighted by atomic mass is 32.2. The predicted octanol–water partition coefficient (Wildman–Crippen LogP) is 4.55. The van der Waals surface area contributed by atoms with Gasteiger partial charge in [-0.05, 0) is 30.0 Å². The van der Waals surface area contributed by atoms with Crippen LogP contribution < -0.4 is 9.47 Å². The van der Waals surface area contributed by atoms with Gasteiger partial charge in [-0.2, -0.15) is 8.42 Å². The van der Waals surface area contributed by atoms with Crippen molar-refractivity contribution in [3.63, 3.8) is 0 Å². The summed E-state index contributed by atoms with van der Waals surface area (Å²) in [5.41, 5.74) is 0.204. The normalized spacial score (nSPS) is 11.5. The molecule has 30 heavy (non-hydrogen) atoms. The summed E-state index contributed by atoms with van der Waals surface area (Å²) in [5, 5.41) is 2.30. The Bertz CT molecular complexity index is 957. The number of hydrogen-bond acceptors (Lipinski definition) is 6. The largest absolute Gasteiger partial charge is 0.496 e. The first-order valence-corrected chi connectivity index (χ1v) is 11.8. The van der Waals surface area contributed by atoms with Crippen molar-refractivity contribution in [3.8, 4) is 11.5 Å². The lowest BCUT2D eigenvalue weighted by atomic mass is 10.0. The summed E-state index contributed by atoms with van der Waals surface area (Å²) >= 11 is 0. The third kappa shape index (κ3) is 6.34. The summed E-state index contributed by atoms with van der Waals surface area (Å²) in [7, 11) is 0.447. The minimum absolute atomic E-state index is 0.122. The van der Waals surface area contributed by atoms with Crippen molar-refractivity contribution < 1.29 is 27.0 Å². The summed E-state index contributed by atoms with van der Waals surface area (Å²) in [6.45, 7) is 2.13. The fourth-order valence-corrected chi connectivity index (χ4v) is 4.30. The molecule has 0 bridgehead atoms. The van der Waals surface area contributed by atoms with Crippen molar-refractivity contribution in [2.24, 2.45) is 0 Å². The minimum atomic E-state index is -3.86. The van der Waals surface area contributed by atoms with Gasteiger partial charge in [0.05, 0.1) is 25.5 Å². The fraction of sp³-hybridized carbons (Fsp3) is 0.500. The second-order valence-electron chi connectivity index (χ2n) is 7.14. The van der Waals surface area contributed by atoms with Crippen molar-refractivity contribution in [1.82, 2.24) is 5.06 Å². The van der Waals surface area contributed by atoms with Crippen molar-refractivity contribution >= 4 is 26.8 Å². The zero-order chi connectivity index (χ0) is 22.1. The molecule has 0 saturated heterocycles. The number of methoxy groups -OCH3 is 2. The lowest BCUT2D eigenvalue weighted by molar-refractivity contribution is -0.00901. The van der Waals surface area contributed by atoms with E-state index in [0.717, 1.165) is 47.9 Å². The number of nitrogens with zero attached hydrogens (tertiary/aromatic N) is 1. The number of carbonyl (C=O) groups is 1. The minimum Gasteiger partial charge on any atom is -0.496 e. The van der Waals surface area contributed by atoms with Crippen LogP contribution in [-0.4, -0.2) is 46.4 Å². The van der Waals surface area contributed by atoms with Crippen LogP contribution in [0.2, 0.25) is 0 Å². The molecule has 0 unspecified atom stereocenters. The monoisotopic (exact) mass is 437 g/mol. The first-order chi connectivity index (χ1) is 14.3. The van der Waals surface area contributed by atoms with Gasteiger partial charge in [0.1, 0.15) is 11.5 Å². The molecule has 0 fully saturated rings. The van der Waals surface area contributed by atoms with Gasteiger partial charge in [0.25, 0.3) is 16.0 Å². The Hall–Kier alpha value is -2.32. The molecule has 0 aliphatic heterocycles. The molecule has 0 atom stereocenters. The Labute approximate surface area is 179 Å². The zero-order valence-electron chi connectivity index (χ0n) is 18.1. The van der Waals surface area contributed by atoms with Gasteiger partial charge in [-0.25, -0.2) is 5.06 Å². The van der Waals surface area contributed by atoms with Gasteiger partial charge in [0, 0.05) is 12.4 Å². The molecular weight excluding hydrogens is 406 g/mol. The van der Waals surface area contributed by atoms with Gasteiger partial charge in [0.15, 0.2) is 0 Å². The van der Waals surface area contributed by atoms with Crippen LogP contribution in [0, 0.1) is 0 Å². The Morgan fingerprint density at radius 1 is 0.967 bits per heavy atom. The van der Waals surface area contributed by atoms with Crippen LogP contribution in [0.15, 0.2) is 30.3 Å². The second-order valence-corrected chi connectivity index (χ2v) is 8.81. The van der Waals surface area contributed by atoms with Crippen LogP contribution in [0.25, 0.3) is 10.8 Å². The molecule has 7 nitrogen and oxygen atoms in total. The number of unbranched alkanes of at least 4 members (excludes halogenated alkanes) is 5. The van der Waals surface area contributed by atoms with Crippen LogP contribution in [0.1, 0.15) is 55.8 Å². The van der Waals surface area contributed by atoms with Crippen molar-refractivity contribution in [1.29, 1.82) is 0 Å². The summed E-state index contributed by atoms with van der Waals surface area (Å²) < 4.78 is 40.2. The average molecular weight is 438 g/mol. The lowest BCUT2D eigenvalue weighted by Crippen LogP contribution is -2.31. The topological polar surface area (TPSA) is 82.1 Å². The van der Waals surface area contributed by atoms with E-state index in [4.69, 9.17) is 13.8 Å². The third-order valence-corrected chi connectivity index (χ3v) is 6.11. The maximum atomic E-state index is 12.9. The van der Waals surface area contributed by atoms with Gasteiger partial charge in [-0.1, -0.05) is 51.2 Å². The number of carbonyl (C=O) groups excluding carboxylic acids is 1. The van der Waals surface area contributed by atoms with Gasteiger partial charge < -0.3 is 9.47 Å². The quantitative estimate of drug-likeness (QED) is 0.358. The zero-order valence-corrected chi connectivity index (χ0v) is 19.0. The van der Waals surface area contributed by atoms with E-state index >= 15 is 0 Å². The van der Waals surface area contributed by atoms with E-state index in [9.17, 15) is 13.2 Å². The molecule has 0 aliphatic rings. The van der Waals surface area contributed by atoms with E-state index in [-0.39, 0.29) is 11.3 Å². The van der Waals surface area contributed by atoms with E-state index in [0.29, 0.717) is 17.9 Å². The molecule has 0 N–H and O–H groups in total. The van der Waals surface area contributed by atoms with Gasteiger partial charge >= 0.3 is 0 Å². The van der Waals surface area contributed by atoms with E-state index in [2.05, 4.69) is 6.92 Å².